The molecule has 7 heteroatoms. The van der Waals surface area contributed by atoms with Gasteiger partial charge in [0.05, 0.1) is 4.99 Å². The predicted molar refractivity (Wildman–Crippen MR) is 56.9 cm³/mol. The van der Waals surface area contributed by atoms with Crippen LogP contribution in [0.1, 0.15) is 11.1 Å². The predicted octanol–water partition coefficient (Wildman–Crippen LogP) is 3.17. The van der Waals surface area contributed by atoms with Crippen LogP contribution in [0.15, 0.2) is 24.3 Å². The van der Waals surface area contributed by atoms with E-state index in [-0.39, 0.29) is 17.0 Å². The van der Waals surface area contributed by atoms with Crippen molar-refractivity contribution in [3.63, 3.8) is 0 Å². The summed E-state index contributed by atoms with van der Waals surface area (Å²) in [5.74, 6) is -4.88. The zero-order valence-corrected chi connectivity index (χ0v) is 9.21. The van der Waals surface area contributed by atoms with Crippen LogP contribution >= 0.6 is 12.2 Å². The first-order chi connectivity index (χ1) is 7.64. The van der Waals surface area contributed by atoms with Gasteiger partial charge in [0.1, 0.15) is 0 Å². The van der Waals surface area contributed by atoms with Gasteiger partial charge in [0, 0.05) is 12.0 Å². The van der Waals surface area contributed by atoms with Crippen molar-refractivity contribution in [3.05, 3.63) is 35.4 Å². The number of halogens is 5. The van der Waals surface area contributed by atoms with E-state index in [1.165, 1.54) is 6.07 Å². The minimum atomic E-state index is -5.62. The fraction of sp³-hybridized carbons (Fsp3) is 0.300. The van der Waals surface area contributed by atoms with Gasteiger partial charge in [-0.15, -0.1) is 0 Å². The summed E-state index contributed by atoms with van der Waals surface area (Å²) < 4.78 is 62.3. The van der Waals surface area contributed by atoms with E-state index in [2.05, 4.69) is 12.2 Å². The van der Waals surface area contributed by atoms with Gasteiger partial charge in [0.25, 0.3) is 0 Å². The Balaban J connectivity index is 3.11. The Morgan fingerprint density at radius 3 is 2.24 bits per heavy atom. The number of alkyl halides is 5. The average molecular weight is 269 g/mol. The first-order valence-corrected chi connectivity index (χ1v) is 4.87. The third-order valence-corrected chi connectivity index (χ3v) is 2.17. The summed E-state index contributed by atoms with van der Waals surface area (Å²) in [6.07, 6.45) is -5.63. The van der Waals surface area contributed by atoms with E-state index >= 15 is 0 Å². The van der Waals surface area contributed by atoms with E-state index in [1.807, 2.05) is 0 Å². The monoisotopic (exact) mass is 269 g/mol. The topological polar surface area (TPSA) is 26.0 Å². The molecule has 1 rings (SSSR count). The Morgan fingerprint density at radius 1 is 1.18 bits per heavy atom. The molecule has 0 aliphatic carbocycles. The Morgan fingerprint density at radius 2 is 1.76 bits per heavy atom. The minimum absolute atomic E-state index is 0.0168. The van der Waals surface area contributed by atoms with Crippen LogP contribution in [0.5, 0.6) is 0 Å². The molecule has 0 aliphatic rings. The Kier molecular flexibility index (Phi) is 3.71. The van der Waals surface area contributed by atoms with Gasteiger partial charge in [0.2, 0.25) is 0 Å². The molecule has 0 atom stereocenters. The molecule has 0 fully saturated rings. The molecule has 0 spiro atoms. The lowest BCUT2D eigenvalue weighted by molar-refractivity contribution is -0.289. The van der Waals surface area contributed by atoms with Crippen LogP contribution in [0, 0.1) is 0 Å². The fourth-order valence-corrected chi connectivity index (χ4v) is 1.41. The molecule has 0 saturated heterocycles. The van der Waals surface area contributed by atoms with Crippen LogP contribution in [0.4, 0.5) is 22.0 Å². The van der Waals surface area contributed by atoms with Crippen molar-refractivity contribution >= 4 is 17.2 Å². The second-order valence-electron chi connectivity index (χ2n) is 3.42. The van der Waals surface area contributed by atoms with Crippen LogP contribution < -0.4 is 5.73 Å². The Bertz CT molecular complexity index is 427. The number of benzene rings is 1. The van der Waals surface area contributed by atoms with Crippen molar-refractivity contribution in [1.82, 2.24) is 0 Å². The Hall–Kier alpha value is -1.24. The second kappa shape index (κ2) is 4.56. The molecule has 0 radical (unpaired) electrons. The van der Waals surface area contributed by atoms with Crippen molar-refractivity contribution in [3.8, 4) is 0 Å². The van der Waals surface area contributed by atoms with Gasteiger partial charge in [-0.25, -0.2) is 0 Å². The third kappa shape index (κ3) is 3.12. The van der Waals surface area contributed by atoms with E-state index < -0.39 is 17.7 Å². The second-order valence-corrected chi connectivity index (χ2v) is 3.94. The molecule has 0 heterocycles. The summed E-state index contributed by atoms with van der Waals surface area (Å²) in [6.45, 7) is 0. The van der Waals surface area contributed by atoms with Crippen molar-refractivity contribution in [1.29, 1.82) is 0 Å². The van der Waals surface area contributed by atoms with Gasteiger partial charge < -0.3 is 5.73 Å². The van der Waals surface area contributed by atoms with Crippen molar-refractivity contribution in [2.45, 2.75) is 18.5 Å². The molecule has 1 nitrogen and oxygen atoms in total. The van der Waals surface area contributed by atoms with Gasteiger partial charge in [0.15, 0.2) is 0 Å². The molecule has 0 aromatic heterocycles. The highest BCUT2D eigenvalue weighted by molar-refractivity contribution is 7.80. The normalized spacial score (nSPS) is 12.5. The van der Waals surface area contributed by atoms with Crippen molar-refractivity contribution in [2.24, 2.45) is 5.73 Å². The molecule has 0 bridgehead atoms. The van der Waals surface area contributed by atoms with E-state index in [1.54, 1.807) is 0 Å². The standard InChI is InChI=1S/C10H8F5NS/c11-9(12,10(13,14)15)7-3-1-2-6(4-7)5-8(16)17/h1-4H,5H2,(H2,16,17). The first kappa shape index (κ1) is 13.8. The third-order valence-electron chi connectivity index (χ3n) is 2.02. The van der Waals surface area contributed by atoms with E-state index in [0.717, 1.165) is 18.2 Å². The van der Waals surface area contributed by atoms with Crippen molar-refractivity contribution in [2.75, 3.05) is 0 Å². The Labute approximate surface area is 99.4 Å². The maximum Gasteiger partial charge on any atom is 0.458 e. The molecule has 17 heavy (non-hydrogen) atoms. The van der Waals surface area contributed by atoms with Crippen LogP contribution in [0.3, 0.4) is 0 Å². The molecular formula is C10H8F5NS. The summed E-state index contributed by atoms with van der Waals surface area (Å²) in [6, 6.07) is 3.97. The van der Waals surface area contributed by atoms with Gasteiger partial charge in [-0.3, -0.25) is 0 Å². The largest absolute Gasteiger partial charge is 0.458 e. The lowest BCUT2D eigenvalue weighted by Gasteiger charge is -2.20. The number of hydrogen-bond acceptors (Lipinski definition) is 1. The first-order valence-electron chi connectivity index (χ1n) is 4.47. The van der Waals surface area contributed by atoms with Crippen LogP contribution in [-0.2, 0) is 12.3 Å². The zero-order valence-electron chi connectivity index (χ0n) is 8.39. The van der Waals surface area contributed by atoms with Gasteiger partial charge in [-0.05, 0) is 11.6 Å². The molecule has 0 amide bonds. The maximum absolute atomic E-state index is 13.0. The number of thiocarbonyl (C=S) groups is 1. The summed E-state index contributed by atoms with van der Waals surface area (Å²) in [4.78, 5) is 0.0254. The molecule has 1 aromatic rings. The van der Waals surface area contributed by atoms with Crippen LogP contribution in [0.2, 0.25) is 0 Å². The summed E-state index contributed by atoms with van der Waals surface area (Å²) in [5, 5.41) is 0. The lowest BCUT2D eigenvalue weighted by Crippen LogP contribution is -2.33. The highest BCUT2D eigenvalue weighted by atomic mass is 32.1. The zero-order chi connectivity index (χ0) is 13.3. The highest BCUT2D eigenvalue weighted by Gasteiger charge is 2.58. The number of rotatable bonds is 3. The number of nitrogens with two attached hydrogens (primary N) is 1. The minimum Gasteiger partial charge on any atom is -0.393 e. The lowest BCUT2D eigenvalue weighted by atomic mass is 10.0. The van der Waals surface area contributed by atoms with E-state index in [0.29, 0.717) is 0 Å². The molecule has 0 unspecified atom stereocenters. The van der Waals surface area contributed by atoms with Crippen molar-refractivity contribution < 1.29 is 22.0 Å². The van der Waals surface area contributed by atoms with E-state index in [4.69, 9.17) is 5.73 Å². The van der Waals surface area contributed by atoms with Crippen LogP contribution in [0.25, 0.3) is 0 Å². The molecule has 0 aliphatic heterocycles. The molecule has 94 valence electrons. The van der Waals surface area contributed by atoms with E-state index in [9.17, 15) is 22.0 Å². The molecular weight excluding hydrogens is 261 g/mol. The quantitative estimate of drug-likeness (QED) is 0.673. The summed E-state index contributed by atoms with van der Waals surface area (Å²) in [7, 11) is 0. The number of hydrogen-bond donors (Lipinski definition) is 1. The summed E-state index contributed by atoms with van der Waals surface area (Å²) in [5.41, 5.74) is 4.30. The average Bonchev–Trinajstić information content (AvgIpc) is 2.15. The van der Waals surface area contributed by atoms with Gasteiger partial charge in [-0.1, -0.05) is 30.4 Å². The van der Waals surface area contributed by atoms with Gasteiger partial charge >= 0.3 is 12.1 Å². The molecule has 1 aromatic carbocycles. The smallest absolute Gasteiger partial charge is 0.393 e. The van der Waals surface area contributed by atoms with Crippen LogP contribution in [-0.4, -0.2) is 11.2 Å². The van der Waals surface area contributed by atoms with Gasteiger partial charge in [-0.2, -0.15) is 22.0 Å². The molecule has 2 N–H and O–H groups in total. The molecule has 0 saturated carbocycles. The summed E-state index contributed by atoms with van der Waals surface area (Å²) >= 11 is 4.56. The fourth-order valence-electron chi connectivity index (χ4n) is 1.24. The SMILES string of the molecule is NC(=S)Cc1cccc(C(F)(F)C(F)(F)F)c1. The highest BCUT2D eigenvalue weighted by Crippen LogP contribution is 2.43. The maximum atomic E-state index is 13.0.